The van der Waals surface area contributed by atoms with Gasteiger partial charge in [-0.3, -0.25) is 4.79 Å². The van der Waals surface area contributed by atoms with Gasteiger partial charge in [0, 0.05) is 24.5 Å². The number of rotatable bonds is 7. The van der Waals surface area contributed by atoms with Crippen molar-refractivity contribution < 1.29 is 14.3 Å². The highest BCUT2D eigenvalue weighted by Gasteiger charge is 2.33. The van der Waals surface area contributed by atoms with Gasteiger partial charge in [-0.1, -0.05) is 23.7 Å². The zero-order valence-electron chi connectivity index (χ0n) is 16.8. The Kier molecular flexibility index (Phi) is 6.13. The van der Waals surface area contributed by atoms with Crippen molar-refractivity contribution in [3.05, 3.63) is 77.3 Å². The van der Waals surface area contributed by atoms with E-state index >= 15 is 0 Å². The summed E-state index contributed by atoms with van der Waals surface area (Å²) < 4.78 is 13.0. The molecule has 2 aromatic carbocycles. The third-order valence-corrected chi connectivity index (χ3v) is 4.83. The maximum atomic E-state index is 13.1. The Morgan fingerprint density at radius 1 is 1.10 bits per heavy atom. The second kappa shape index (κ2) is 8.57. The molecule has 3 aromatic rings. The lowest BCUT2D eigenvalue weighted by atomic mass is 10.0. The molecular formula is C22H24ClN3O3. The lowest BCUT2D eigenvalue weighted by molar-refractivity contribution is -0.134. The summed E-state index contributed by atoms with van der Waals surface area (Å²) >= 11 is 5.92. The van der Waals surface area contributed by atoms with Crippen LogP contribution in [0.5, 0.6) is 11.5 Å². The van der Waals surface area contributed by atoms with Gasteiger partial charge in [0.05, 0.1) is 7.11 Å². The van der Waals surface area contributed by atoms with Gasteiger partial charge in [-0.15, -0.1) is 0 Å². The molecule has 0 aliphatic carbocycles. The third-order valence-electron chi connectivity index (χ3n) is 4.57. The summed E-state index contributed by atoms with van der Waals surface area (Å²) in [6, 6.07) is 14.0. The van der Waals surface area contributed by atoms with E-state index in [1.54, 1.807) is 51.4 Å². The van der Waals surface area contributed by atoms with E-state index in [9.17, 15) is 4.79 Å². The molecule has 0 bridgehead atoms. The Labute approximate surface area is 175 Å². The van der Waals surface area contributed by atoms with Crippen LogP contribution >= 0.6 is 11.6 Å². The number of nitrogens with one attached hydrogen (secondary N) is 1. The van der Waals surface area contributed by atoms with Crippen LogP contribution in [0.2, 0.25) is 5.02 Å². The van der Waals surface area contributed by atoms with Crippen LogP contribution in [-0.4, -0.2) is 28.2 Å². The molecular weight excluding hydrogens is 390 g/mol. The highest BCUT2D eigenvalue weighted by molar-refractivity contribution is 6.30. The third kappa shape index (κ3) is 4.90. The second-order valence-corrected chi connectivity index (χ2v) is 7.58. The van der Waals surface area contributed by atoms with Crippen molar-refractivity contribution in [1.82, 2.24) is 14.9 Å². The van der Waals surface area contributed by atoms with Crippen LogP contribution in [0.1, 0.15) is 31.3 Å². The van der Waals surface area contributed by atoms with Gasteiger partial charge in [-0.2, -0.15) is 0 Å². The number of nitrogens with zero attached hydrogens (tertiary/aromatic N) is 2. The Bertz CT molecular complexity index is 966. The summed E-state index contributed by atoms with van der Waals surface area (Å²) in [7, 11) is 3.50. The zero-order valence-corrected chi connectivity index (χ0v) is 17.6. The monoisotopic (exact) mass is 413 g/mol. The number of hydrogen-bond acceptors (Lipinski definition) is 4. The number of aromatic nitrogens is 2. The summed E-state index contributed by atoms with van der Waals surface area (Å²) in [6.45, 7) is 3.45. The molecule has 1 amide bonds. The quantitative estimate of drug-likeness (QED) is 0.632. The summed E-state index contributed by atoms with van der Waals surface area (Å²) in [5.74, 6) is 1.75. The molecule has 0 spiro atoms. The largest absolute Gasteiger partial charge is 0.497 e. The van der Waals surface area contributed by atoms with Crippen LogP contribution in [0, 0.1) is 0 Å². The highest BCUT2D eigenvalue weighted by Crippen LogP contribution is 2.26. The number of hydrogen-bond donors (Lipinski definition) is 1. The molecule has 0 fully saturated rings. The van der Waals surface area contributed by atoms with Crippen molar-refractivity contribution in [1.29, 1.82) is 0 Å². The molecule has 0 aliphatic rings. The zero-order chi connectivity index (χ0) is 21.0. The molecule has 3 rings (SSSR count). The summed E-state index contributed by atoms with van der Waals surface area (Å²) in [4.78, 5) is 17.6. The molecule has 6 nitrogen and oxygen atoms in total. The van der Waals surface area contributed by atoms with Crippen LogP contribution in [0.25, 0.3) is 0 Å². The fourth-order valence-electron chi connectivity index (χ4n) is 2.90. The Balaban J connectivity index is 1.85. The van der Waals surface area contributed by atoms with Gasteiger partial charge < -0.3 is 19.4 Å². The summed E-state index contributed by atoms with van der Waals surface area (Å²) in [5, 5.41) is 3.68. The number of imidazole rings is 1. The first-order valence-corrected chi connectivity index (χ1v) is 9.54. The standard InChI is InChI=1S/C22H24ClN3O3/c1-22(2,29-18-11-7-16(23)8-12-18)21(27)25-19(20-24-13-14-26(20)3)15-5-9-17(28-4)10-6-15/h5-14,19H,1-4H3,(H,25,27)/t19-/m0/s1. The smallest absolute Gasteiger partial charge is 0.264 e. The van der Waals surface area contributed by atoms with Crippen molar-refractivity contribution in [3.63, 3.8) is 0 Å². The number of halogens is 1. The maximum absolute atomic E-state index is 13.1. The normalized spacial score (nSPS) is 12.3. The highest BCUT2D eigenvalue weighted by atomic mass is 35.5. The number of carbonyl (C=O) groups excluding carboxylic acids is 1. The minimum Gasteiger partial charge on any atom is -0.497 e. The topological polar surface area (TPSA) is 65.4 Å². The number of methoxy groups -OCH3 is 1. The molecule has 1 atom stereocenters. The van der Waals surface area contributed by atoms with E-state index in [0.29, 0.717) is 16.6 Å². The maximum Gasteiger partial charge on any atom is 0.264 e. The second-order valence-electron chi connectivity index (χ2n) is 7.14. The molecule has 152 valence electrons. The first kappa shape index (κ1) is 20.7. The molecule has 0 saturated heterocycles. The lowest BCUT2D eigenvalue weighted by Crippen LogP contribution is -2.48. The molecule has 0 unspecified atom stereocenters. The molecule has 1 heterocycles. The van der Waals surface area contributed by atoms with Crippen molar-refractivity contribution >= 4 is 17.5 Å². The molecule has 1 aromatic heterocycles. The Hall–Kier alpha value is -2.99. The molecule has 0 radical (unpaired) electrons. The van der Waals surface area contributed by atoms with Gasteiger partial charge in [-0.25, -0.2) is 4.98 Å². The van der Waals surface area contributed by atoms with Gasteiger partial charge in [0.25, 0.3) is 5.91 Å². The Morgan fingerprint density at radius 2 is 1.72 bits per heavy atom. The van der Waals surface area contributed by atoms with E-state index in [1.165, 1.54) is 0 Å². The van der Waals surface area contributed by atoms with E-state index in [-0.39, 0.29) is 5.91 Å². The van der Waals surface area contributed by atoms with Crippen molar-refractivity contribution in [2.24, 2.45) is 7.05 Å². The first-order chi connectivity index (χ1) is 13.8. The number of ether oxygens (including phenoxy) is 2. The fourth-order valence-corrected chi connectivity index (χ4v) is 3.02. The number of benzene rings is 2. The first-order valence-electron chi connectivity index (χ1n) is 9.17. The van der Waals surface area contributed by atoms with E-state index in [2.05, 4.69) is 10.3 Å². The van der Waals surface area contributed by atoms with Gasteiger partial charge >= 0.3 is 0 Å². The number of amides is 1. The molecule has 1 N–H and O–H groups in total. The van der Waals surface area contributed by atoms with Gasteiger partial charge in [0.1, 0.15) is 23.4 Å². The molecule has 0 aliphatic heterocycles. The van der Waals surface area contributed by atoms with Gasteiger partial charge in [-0.05, 0) is 55.8 Å². The lowest BCUT2D eigenvalue weighted by Gasteiger charge is -2.28. The van der Waals surface area contributed by atoms with Crippen LogP contribution in [0.3, 0.4) is 0 Å². The number of carbonyl (C=O) groups is 1. The van der Waals surface area contributed by atoms with E-state index in [4.69, 9.17) is 21.1 Å². The average molecular weight is 414 g/mol. The molecule has 7 heteroatoms. The molecule has 29 heavy (non-hydrogen) atoms. The fraction of sp³-hybridized carbons (Fsp3) is 0.273. The summed E-state index contributed by atoms with van der Waals surface area (Å²) in [5.41, 5.74) is -0.222. The van der Waals surface area contributed by atoms with E-state index < -0.39 is 11.6 Å². The van der Waals surface area contributed by atoms with Crippen LogP contribution < -0.4 is 14.8 Å². The predicted molar refractivity (Wildman–Crippen MR) is 112 cm³/mol. The van der Waals surface area contributed by atoms with Crippen molar-refractivity contribution in [3.8, 4) is 11.5 Å². The Morgan fingerprint density at radius 3 is 2.28 bits per heavy atom. The van der Waals surface area contributed by atoms with E-state index in [1.807, 2.05) is 42.1 Å². The van der Waals surface area contributed by atoms with Gasteiger partial charge in [0.15, 0.2) is 5.60 Å². The van der Waals surface area contributed by atoms with Gasteiger partial charge in [0.2, 0.25) is 0 Å². The van der Waals surface area contributed by atoms with Crippen LogP contribution in [0.15, 0.2) is 60.9 Å². The van der Waals surface area contributed by atoms with Crippen LogP contribution in [-0.2, 0) is 11.8 Å². The average Bonchev–Trinajstić information content (AvgIpc) is 3.13. The van der Waals surface area contributed by atoms with Crippen molar-refractivity contribution in [2.75, 3.05) is 7.11 Å². The molecule has 0 saturated carbocycles. The van der Waals surface area contributed by atoms with E-state index in [0.717, 1.165) is 11.3 Å². The van der Waals surface area contributed by atoms with Crippen molar-refractivity contribution in [2.45, 2.75) is 25.5 Å². The SMILES string of the molecule is COc1ccc([C@H](NC(=O)C(C)(C)Oc2ccc(Cl)cc2)c2nccn2C)cc1. The summed E-state index contributed by atoms with van der Waals surface area (Å²) in [6.07, 6.45) is 3.54. The minimum absolute atomic E-state index is 0.267. The van der Waals surface area contributed by atoms with Crippen LogP contribution in [0.4, 0.5) is 0 Å². The number of aryl methyl sites for hydroxylation is 1. The minimum atomic E-state index is -1.11. The predicted octanol–water partition coefficient (Wildman–Crippen LogP) is 4.15.